The summed E-state index contributed by atoms with van der Waals surface area (Å²) in [5.41, 5.74) is 2.62. The first-order valence-corrected chi connectivity index (χ1v) is 7.94. The molecule has 0 bridgehead atoms. The van der Waals surface area contributed by atoms with Gasteiger partial charge in [0.05, 0.1) is 0 Å². The fourth-order valence-electron chi connectivity index (χ4n) is 2.26. The molecule has 2 rings (SSSR count). The fourth-order valence-corrected chi connectivity index (χ4v) is 2.49. The summed E-state index contributed by atoms with van der Waals surface area (Å²) in [6, 6.07) is 12.2. The molecule has 0 heterocycles. The molecule has 0 aliphatic heterocycles. The largest absolute Gasteiger partial charge is 0.384 e. The molecule has 1 amide bonds. The van der Waals surface area contributed by atoms with Crippen LogP contribution in [-0.2, 0) is 11.2 Å². The van der Waals surface area contributed by atoms with Crippen LogP contribution in [0.5, 0.6) is 0 Å². The fraction of sp³-hybridized carbons (Fsp3) is 0.278. The van der Waals surface area contributed by atoms with E-state index >= 15 is 0 Å². The Morgan fingerprint density at radius 3 is 2.70 bits per heavy atom. The summed E-state index contributed by atoms with van der Waals surface area (Å²) in [4.78, 5) is 11.8. The summed E-state index contributed by atoms with van der Waals surface area (Å²) >= 11 is 5.90. The van der Waals surface area contributed by atoms with Gasteiger partial charge in [-0.2, -0.15) is 0 Å². The van der Waals surface area contributed by atoms with Crippen molar-refractivity contribution in [3.8, 4) is 0 Å². The highest BCUT2D eigenvalue weighted by molar-refractivity contribution is 6.30. The van der Waals surface area contributed by atoms with Crippen LogP contribution in [0.2, 0.25) is 5.02 Å². The predicted molar refractivity (Wildman–Crippen MR) is 92.4 cm³/mol. The second-order valence-electron chi connectivity index (χ2n) is 5.33. The Kier molecular flexibility index (Phi) is 6.41. The minimum Gasteiger partial charge on any atom is -0.384 e. The lowest BCUT2D eigenvalue weighted by Crippen LogP contribution is -2.27. The highest BCUT2D eigenvalue weighted by atomic mass is 35.5. The predicted octanol–water partition coefficient (Wildman–Crippen LogP) is 3.95. The lowest BCUT2D eigenvalue weighted by molar-refractivity contribution is -0.120. The van der Waals surface area contributed by atoms with E-state index < -0.39 is 0 Å². The molecule has 2 aromatic rings. The smallest absolute Gasteiger partial charge is 0.221 e. The van der Waals surface area contributed by atoms with Crippen molar-refractivity contribution in [1.82, 2.24) is 5.32 Å². The molecule has 122 valence electrons. The van der Waals surface area contributed by atoms with E-state index in [1.807, 2.05) is 25.1 Å². The Labute approximate surface area is 140 Å². The minimum atomic E-state index is -0.235. The average Bonchev–Trinajstić information content (AvgIpc) is 2.51. The molecule has 0 fully saturated rings. The number of rotatable bonds is 7. The number of hydrogen-bond acceptors (Lipinski definition) is 2. The van der Waals surface area contributed by atoms with Crippen molar-refractivity contribution in [3.05, 3.63) is 64.4 Å². The van der Waals surface area contributed by atoms with Gasteiger partial charge < -0.3 is 10.6 Å². The van der Waals surface area contributed by atoms with E-state index in [4.69, 9.17) is 11.6 Å². The van der Waals surface area contributed by atoms with Crippen molar-refractivity contribution < 1.29 is 9.18 Å². The first kappa shape index (κ1) is 17.3. The summed E-state index contributed by atoms with van der Waals surface area (Å²) < 4.78 is 13.4. The second kappa shape index (κ2) is 8.53. The van der Waals surface area contributed by atoms with Crippen LogP contribution in [0.15, 0.2) is 42.5 Å². The first-order valence-electron chi connectivity index (χ1n) is 7.56. The number of halogens is 2. The molecule has 2 aromatic carbocycles. The normalized spacial score (nSPS) is 10.4. The van der Waals surface area contributed by atoms with Gasteiger partial charge in [-0.3, -0.25) is 4.79 Å². The maximum Gasteiger partial charge on any atom is 0.221 e. The number of benzene rings is 2. The molecule has 0 aliphatic rings. The van der Waals surface area contributed by atoms with Crippen molar-refractivity contribution in [2.45, 2.75) is 19.8 Å². The molecule has 0 aliphatic carbocycles. The number of carbonyl (C=O) groups is 1. The number of amides is 1. The number of aryl methyl sites for hydroxylation is 1. The Hall–Kier alpha value is -2.07. The van der Waals surface area contributed by atoms with Gasteiger partial charge in [0, 0.05) is 30.2 Å². The molecule has 0 spiro atoms. The SMILES string of the molecule is Cc1cc(Cl)ccc1NCCC(=O)NCCc1ccccc1F. The molecule has 0 unspecified atom stereocenters. The Bertz CT molecular complexity index is 676. The van der Waals surface area contributed by atoms with Gasteiger partial charge in [-0.1, -0.05) is 29.8 Å². The van der Waals surface area contributed by atoms with E-state index in [9.17, 15) is 9.18 Å². The van der Waals surface area contributed by atoms with Crippen molar-refractivity contribution >= 4 is 23.2 Å². The van der Waals surface area contributed by atoms with Crippen molar-refractivity contribution in [1.29, 1.82) is 0 Å². The third-order valence-corrected chi connectivity index (χ3v) is 3.77. The monoisotopic (exact) mass is 334 g/mol. The number of carbonyl (C=O) groups excluding carboxylic acids is 1. The summed E-state index contributed by atoms with van der Waals surface area (Å²) in [5.74, 6) is -0.290. The average molecular weight is 335 g/mol. The third kappa shape index (κ3) is 5.57. The minimum absolute atomic E-state index is 0.0551. The van der Waals surface area contributed by atoms with Gasteiger partial charge in [0.2, 0.25) is 5.91 Å². The summed E-state index contributed by atoms with van der Waals surface area (Å²) in [6.07, 6.45) is 0.849. The zero-order valence-electron chi connectivity index (χ0n) is 13.0. The maximum atomic E-state index is 13.4. The van der Waals surface area contributed by atoms with E-state index in [-0.39, 0.29) is 11.7 Å². The highest BCUT2D eigenvalue weighted by Crippen LogP contribution is 2.19. The van der Waals surface area contributed by atoms with E-state index in [1.165, 1.54) is 6.07 Å². The lowest BCUT2D eigenvalue weighted by atomic mass is 10.1. The highest BCUT2D eigenvalue weighted by Gasteiger charge is 2.04. The summed E-state index contributed by atoms with van der Waals surface area (Å²) in [5, 5.41) is 6.70. The second-order valence-corrected chi connectivity index (χ2v) is 5.76. The lowest BCUT2D eigenvalue weighted by Gasteiger charge is -2.10. The third-order valence-electron chi connectivity index (χ3n) is 3.53. The van der Waals surface area contributed by atoms with Gasteiger partial charge in [-0.05, 0) is 48.7 Å². The van der Waals surface area contributed by atoms with Crippen LogP contribution in [0.3, 0.4) is 0 Å². The van der Waals surface area contributed by atoms with E-state index in [1.54, 1.807) is 18.2 Å². The molecule has 2 N–H and O–H groups in total. The Balaban J connectivity index is 1.68. The van der Waals surface area contributed by atoms with Gasteiger partial charge in [-0.15, -0.1) is 0 Å². The zero-order chi connectivity index (χ0) is 16.7. The molecule has 3 nitrogen and oxygen atoms in total. The first-order chi connectivity index (χ1) is 11.1. The molecular formula is C18H20ClFN2O. The van der Waals surface area contributed by atoms with Crippen LogP contribution in [0.25, 0.3) is 0 Å². The molecule has 0 radical (unpaired) electrons. The van der Waals surface area contributed by atoms with E-state index in [2.05, 4.69) is 10.6 Å². The quantitative estimate of drug-likeness (QED) is 0.805. The number of anilines is 1. The Morgan fingerprint density at radius 1 is 1.17 bits per heavy atom. The molecule has 5 heteroatoms. The standard InChI is InChI=1S/C18H20ClFN2O/c1-13-12-15(19)6-7-17(13)21-11-9-18(23)22-10-8-14-4-2-3-5-16(14)20/h2-7,12,21H,8-11H2,1H3,(H,22,23). The van der Waals surface area contributed by atoms with Crippen LogP contribution in [0, 0.1) is 12.7 Å². The van der Waals surface area contributed by atoms with Gasteiger partial charge >= 0.3 is 0 Å². The van der Waals surface area contributed by atoms with Gasteiger partial charge in [0.15, 0.2) is 0 Å². The summed E-state index contributed by atoms with van der Waals surface area (Å²) in [7, 11) is 0. The zero-order valence-corrected chi connectivity index (χ0v) is 13.8. The van der Waals surface area contributed by atoms with Crippen molar-refractivity contribution in [2.24, 2.45) is 0 Å². The van der Waals surface area contributed by atoms with Gasteiger partial charge in [0.1, 0.15) is 5.82 Å². The molecule has 0 saturated carbocycles. The van der Waals surface area contributed by atoms with Crippen LogP contribution in [0.1, 0.15) is 17.5 Å². The molecule has 0 atom stereocenters. The Morgan fingerprint density at radius 2 is 1.96 bits per heavy atom. The van der Waals surface area contributed by atoms with Gasteiger partial charge in [0.25, 0.3) is 0 Å². The number of nitrogens with one attached hydrogen (secondary N) is 2. The van der Waals surface area contributed by atoms with Crippen molar-refractivity contribution in [2.75, 3.05) is 18.4 Å². The maximum absolute atomic E-state index is 13.4. The van der Waals surface area contributed by atoms with Crippen LogP contribution < -0.4 is 10.6 Å². The molecule has 23 heavy (non-hydrogen) atoms. The topological polar surface area (TPSA) is 41.1 Å². The van der Waals surface area contributed by atoms with Crippen molar-refractivity contribution in [3.63, 3.8) is 0 Å². The van der Waals surface area contributed by atoms with Crippen LogP contribution in [-0.4, -0.2) is 19.0 Å². The number of hydrogen-bond donors (Lipinski definition) is 2. The molecule has 0 aromatic heterocycles. The van der Waals surface area contributed by atoms with E-state index in [0.717, 1.165) is 11.3 Å². The summed E-state index contributed by atoms with van der Waals surface area (Å²) in [6.45, 7) is 2.93. The van der Waals surface area contributed by atoms with Crippen LogP contribution >= 0.6 is 11.6 Å². The molecular weight excluding hydrogens is 315 g/mol. The molecule has 0 saturated heterocycles. The van der Waals surface area contributed by atoms with Gasteiger partial charge in [-0.25, -0.2) is 4.39 Å². The van der Waals surface area contributed by atoms with Crippen LogP contribution in [0.4, 0.5) is 10.1 Å². The van der Waals surface area contributed by atoms with E-state index in [0.29, 0.717) is 36.5 Å².